The first-order valence-corrected chi connectivity index (χ1v) is 2.46. The van der Waals surface area contributed by atoms with Gasteiger partial charge in [0.25, 0.3) is 0 Å². The Morgan fingerprint density at radius 2 is 1.62 bits per heavy atom. The summed E-state index contributed by atoms with van der Waals surface area (Å²) in [4.78, 5) is 1.56. The predicted molar refractivity (Wildman–Crippen MR) is 40.7 cm³/mol. The molecular formula is C5H6BrNNa. The van der Waals surface area contributed by atoms with Gasteiger partial charge >= 0.3 is 0 Å². The minimum absolute atomic E-state index is 0. The van der Waals surface area contributed by atoms with Crippen molar-refractivity contribution < 1.29 is 0 Å². The topological polar surface area (TPSA) is 23.8 Å². The molecular weight excluding hydrogens is 177 g/mol. The summed E-state index contributed by atoms with van der Waals surface area (Å²) in [6.07, 6.45) is 1.18. The summed E-state index contributed by atoms with van der Waals surface area (Å²) in [5.74, 6) is 0. The second-order valence-corrected chi connectivity index (χ2v) is 1.14. The number of hydrogen-bond donors (Lipinski definition) is 0. The summed E-state index contributed by atoms with van der Waals surface area (Å²) in [6, 6.07) is 1.69. The van der Waals surface area contributed by atoms with E-state index in [0.717, 1.165) is 0 Å². The van der Waals surface area contributed by atoms with E-state index in [4.69, 9.17) is 5.26 Å². The van der Waals surface area contributed by atoms with Crippen molar-refractivity contribution in [1.82, 2.24) is 0 Å². The number of nitriles is 1. The van der Waals surface area contributed by atoms with Crippen molar-refractivity contribution in [2.75, 3.05) is 0 Å². The zero-order chi connectivity index (χ0) is 6.12. The van der Waals surface area contributed by atoms with Crippen LogP contribution in [0, 0.1) is 11.3 Å². The van der Waals surface area contributed by atoms with Crippen LogP contribution >= 0.6 is 15.9 Å². The van der Waals surface area contributed by atoms with Crippen LogP contribution in [0.4, 0.5) is 0 Å². The van der Waals surface area contributed by atoms with Gasteiger partial charge < -0.3 is 0 Å². The molecule has 0 N–H and O–H groups in total. The Bertz CT molecular complexity index is 84.9. The van der Waals surface area contributed by atoms with E-state index in [0.29, 0.717) is 0 Å². The van der Waals surface area contributed by atoms with E-state index in [1.165, 1.54) is 6.08 Å². The van der Waals surface area contributed by atoms with Crippen molar-refractivity contribution in [3.63, 3.8) is 0 Å². The molecule has 0 aliphatic rings. The molecule has 0 spiro atoms. The van der Waals surface area contributed by atoms with E-state index in [1.807, 2.05) is 0 Å². The predicted octanol–water partition coefficient (Wildman–Crippen LogP) is 1.84. The smallest absolute Gasteiger partial charge is 0.0905 e. The zero-order valence-electron chi connectivity index (χ0n) is 4.89. The summed E-state index contributed by atoms with van der Waals surface area (Å²) in [6.45, 7) is 6.40. The van der Waals surface area contributed by atoms with Crippen molar-refractivity contribution >= 4 is 45.5 Å². The van der Waals surface area contributed by atoms with Crippen molar-refractivity contribution in [3.8, 4) is 6.07 Å². The van der Waals surface area contributed by atoms with E-state index in [9.17, 15) is 0 Å². The molecule has 0 aliphatic carbocycles. The normalized spacial score (nSPS) is 3.50. The summed E-state index contributed by atoms with van der Waals surface area (Å²) in [5, 5.41) is 7.51. The molecule has 0 aromatic rings. The molecule has 8 heavy (non-hydrogen) atoms. The fourth-order valence-electron chi connectivity index (χ4n) is 0. The van der Waals surface area contributed by atoms with E-state index in [2.05, 4.69) is 29.1 Å². The summed E-state index contributed by atoms with van der Waals surface area (Å²) < 4.78 is 0. The summed E-state index contributed by atoms with van der Waals surface area (Å²) in [5.41, 5.74) is 0. The average Bonchev–Trinajstić information content (AvgIpc) is 1.69. The summed E-state index contributed by atoms with van der Waals surface area (Å²) in [7, 11) is 0. The average molecular weight is 183 g/mol. The molecule has 3 heteroatoms. The van der Waals surface area contributed by atoms with Gasteiger partial charge in [-0.25, -0.2) is 0 Å². The standard InChI is InChI=1S/C3H3N.C2H3Br.Na/c1-2-3-4;1-2-3;/h2H,1H2;2H,1H2;. The molecule has 0 amide bonds. The third kappa shape index (κ3) is 91.1. The number of rotatable bonds is 0. The van der Waals surface area contributed by atoms with Crippen molar-refractivity contribution in [1.29, 1.82) is 5.26 Å². The van der Waals surface area contributed by atoms with Gasteiger partial charge in [0.1, 0.15) is 0 Å². The molecule has 1 nitrogen and oxygen atoms in total. The molecule has 0 saturated carbocycles. The van der Waals surface area contributed by atoms with Gasteiger partial charge in [-0.05, 0) is 4.99 Å². The van der Waals surface area contributed by atoms with Crippen LogP contribution in [0.2, 0.25) is 0 Å². The SMILES string of the molecule is C=CBr.C=CC#N.[Na]. The largest absolute Gasteiger partial charge is 0.193 e. The minimum atomic E-state index is 0. The number of hydrogen-bond acceptors (Lipinski definition) is 1. The molecule has 0 saturated heterocycles. The van der Waals surface area contributed by atoms with Gasteiger partial charge in [-0.3, -0.25) is 0 Å². The molecule has 0 rings (SSSR count). The van der Waals surface area contributed by atoms with Gasteiger partial charge in [0.15, 0.2) is 0 Å². The van der Waals surface area contributed by atoms with Crippen LogP contribution in [0.3, 0.4) is 0 Å². The first-order chi connectivity index (χ1) is 3.33. The van der Waals surface area contributed by atoms with E-state index in [-0.39, 0.29) is 29.6 Å². The Kier molecular flexibility index (Phi) is 51.4. The van der Waals surface area contributed by atoms with Gasteiger partial charge in [-0.1, -0.05) is 29.1 Å². The third-order valence-corrected chi connectivity index (χ3v) is 0.0913. The van der Waals surface area contributed by atoms with Gasteiger partial charge in [-0.15, -0.1) is 0 Å². The Morgan fingerprint density at radius 3 is 1.62 bits per heavy atom. The van der Waals surface area contributed by atoms with Crippen LogP contribution in [0.5, 0.6) is 0 Å². The van der Waals surface area contributed by atoms with Crippen molar-refractivity contribution in [2.45, 2.75) is 0 Å². The fraction of sp³-hybridized carbons (Fsp3) is 0. The molecule has 0 aliphatic heterocycles. The molecule has 0 fully saturated rings. The Labute approximate surface area is 80.5 Å². The van der Waals surface area contributed by atoms with Crippen LogP contribution < -0.4 is 0 Å². The van der Waals surface area contributed by atoms with Crippen LogP contribution in [-0.2, 0) is 0 Å². The molecule has 0 heterocycles. The molecule has 39 valence electrons. The summed E-state index contributed by atoms with van der Waals surface area (Å²) >= 11 is 2.91. The second-order valence-electron chi connectivity index (χ2n) is 0.488. The van der Waals surface area contributed by atoms with Crippen LogP contribution in [0.1, 0.15) is 0 Å². The Balaban J connectivity index is -0.0000000575. The van der Waals surface area contributed by atoms with Gasteiger partial charge in [0.2, 0.25) is 0 Å². The third-order valence-electron chi connectivity index (χ3n) is 0.0913. The molecule has 0 aromatic carbocycles. The maximum absolute atomic E-state index is 7.51. The van der Waals surface area contributed by atoms with Crippen LogP contribution in [0.25, 0.3) is 0 Å². The maximum atomic E-state index is 7.51. The Hall–Kier alpha value is 0.450. The van der Waals surface area contributed by atoms with Crippen molar-refractivity contribution in [2.24, 2.45) is 0 Å². The number of allylic oxidation sites excluding steroid dienone is 1. The molecule has 0 bridgehead atoms. The number of halogens is 1. The second kappa shape index (κ2) is 26.0. The quantitative estimate of drug-likeness (QED) is 0.415. The van der Waals surface area contributed by atoms with Gasteiger partial charge in [-0.2, -0.15) is 5.26 Å². The molecule has 0 unspecified atom stereocenters. The van der Waals surface area contributed by atoms with E-state index < -0.39 is 0 Å². The van der Waals surface area contributed by atoms with Crippen LogP contribution in [0.15, 0.2) is 24.2 Å². The van der Waals surface area contributed by atoms with Gasteiger partial charge in [0.05, 0.1) is 6.07 Å². The van der Waals surface area contributed by atoms with Crippen molar-refractivity contribution in [3.05, 3.63) is 24.2 Å². The molecule has 0 aromatic heterocycles. The first kappa shape index (κ1) is 15.8. The Morgan fingerprint density at radius 1 is 1.50 bits per heavy atom. The molecule has 1 radical (unpaired) electrons. The minimum Gasteiger partial charge on any atom is -0.193 e. The molecule has 0 atom stereocenters. The van der Waals surface area contributed by atoms with Crippen LogP contribution in [-0.4, -0.2) is 29.6 Å². The zero-order valence-corrected chi connectivity index (χ0v) is 8.48. The van der Waals surface area contributed by atoms with E-state index >= 15 is 0 Å². The fourth-order valence-corrected chi connectivity index (χ4v) is 0. The van der Waals surface area contributed by atoms with E-state index in [1.54, 1.807) is 11.1 Å². The monoisotopic (exact) mass is 182 g/mol. The first-order valence-electron chi connectivity index (χ1n) is 1.55. The number of nitrogens with zero attached hydrogens (tertiary/aromatic N) is 1. The van der Waals surface area contributed by atoms with Gasteiger partial charge in [0, 0.05) is 35.6 Å². The maximum Gasteiger partial charge on any atom is 0.0905 e.